The summed E-state index contributed by atoms with van der Waals surface area (Å²) < 4.78 is 5.21. The average molecular weight is 396 g/mol. The van der Waals surface area contributed by atoms with Gasteiger partial charge in [-0.1, -0.05) is 11.2 Å². The normalized spacial score (nSPS) is 22.3. The van der Waals surface area contributed by atoms with Gasteiger partial charge in [0.05, 0.1) is 12.1 Å². The van der Waals surface area contributed by atoms with E-state index in [0.717, 1.165) is 50.2 Å². The first-order valence-corrected chi connectivity index (χ1v) is 10.4. The molecule has 1 atom stereocenters. The molecule has 2 aliphatic rings. The molecule has 0 bridgehead atoms. The number of likely N-dealkylation sites (tertiary alicyclic amines) is 2. The Labute approximate surface area is 171 Å². The minimum Gasteiger partial charge on any atom is -0.361 e. The van der Waals surface area contributed by atoms with Gasteiger partial charge in [-0.15, -0.1) is 0 Å². The molecule has 7 nitrogen and oxygen atoms in total. The van der Waals surface area contributed by atoms with E-state index in [4.69, 9.17) is 4.52 Å². The summed E-state index contributed by atoms with van der Waals surface area (Å²) in [7, 11) is 0. The molecule has 2 fully saturated rings. The van der Waals surface area contributed by atoms with Crippen molar-refractivity contribution in [2.75, 3.05) is 26.2 Å². The fourth-order valence-corrected chi connectivity index (χ4v) is 4.62. The fraction of sp³-hybridized carbons (Fsp3) is 0.545. The van der Waals surface area contributed by atoms with Gasteiger partial charge in [0.1, 0.15) is 5.76 Å². The number of aryl methyl sites for hydroxylation is 1. The van der Waals surface area contributed by atoms with Crippen LogP contribution < -0.4 is 0 Å². The van der Waals surface area contributed by atoms with Crippen LogP contribution in [-0.2, 0) is 22.4 Å². The molecule has 0 radical (unpaired) electrons. The van der Waals surface area contributed by atoms with Crippen molar-refractivity contribution in [3.05, 3.63) is 47.6 Å². The second-order valence-electron chi connectivity index (χ2n) is 8.42. The van der Waals surface area contributed by atoms with Gasteiger partial charge >= 0.3 is 0 Å². The summed E-state index contributed by atoms with van der Waals surface area (Å²) >= 11 is 0. The maximum absolute atomic E-state index is 12.8. The smallest absolute Gasteiger partial charge is 0.230 e. The Morgan fingerprint density at radius 1 is 1.28 bits per heavy atom. The van der Waals surface area contributed by atoms with Crippen LogP contribution in [0.2, 0.25) is 0 Å². The number of hydrogen-bond donors (Lipinski definition) is 0. The lowest BCUT2D eigenvalue weighted by Crippen LogP contribution is -2.55. The van der Waals surface area contributed by atoms with Crippen molar-refractivity contribution in [3.8, 4) is 0 Å². The minimum atomic E-state index is 0.00324. The van der Waals surface area contributed by atoms with E-state index in [-0.39, 0.29) is 23.7 Å². The van der Waals surface area contributed by atoms with E-state index >= 15 is 0 Å². The van der Waals surface area contributed by atoms with Gasteiger partial charge in [-0.05, 0) is 38.3 Å². The number of hydrogen-bond acceptors (Lipinski definition) is 5. The first kappa shape index (κ1) is 19.6. The van der Waals surface area contributed by atoms with Gasteiger partial charge in [-0.2, -0.15) is 0 Å². The molecule has 2 aromatic heterocycles. The summed E-state index contributed by atoms with van der Waals surface area (Å²) in [5.41, 5.74) is 1.79. The van der Waals surface area contributed by atoms with E-state index in [1.54, 1.807) is 6.20 Å². The molecule has 2 aromatic rings. The van der Waals surface area contributed by atoms with Crippen LogP contribution in [0.15, 0.2) is 35.0 Å². The zero-order valence-corrected chi connectivity index (χ0v) is 17.0. The number of piperidine rings is 2. The zero-order valence-electron chi connectivity index (χ0n) is 17.0. The molecule has 0 aliphatic carbocycles. The molecule has 2 amide bonds. The number of carbonyl (C=O) groups is 2. The van der Waals surface area contributed by atoms with Gasteiger partial charge in [0, 0.05) is 62.4 Å². The first-order valence-electron chi connectivity index (χ1n) is 10.4. The molecule has 29 heavy (non-hydrogen) atoms. The lowest BCUT2D eigenvalue weighted by atomic mass is 9.73. The second kappa shape index (κ2) is 8.35. The highest BCUT2D eigenvalue weighted by Gasteiger charge is 2.42. The van der Waals surface area contributed by atoms with Gasteiger partial charge < -0.3 is 14.3 Å². The van der Waals surface area contributed by atoms with E-state index in [1.807, 2.05) is 41.0 Å². The van der Waals surface area contributed by atoms with E-state index in [2.05, 4.69) is 10.1 Å². The Kier molecular flexibility index (Phi) is 5.65. The third-order valence-electron chi connectivity index (χ3n) is 6.13. The molecule has 4 heterocycles. The largest absolute Gasteiger partial charge is 0.361 e. The number of rotatable bonds is 5. The lowest BCUT2D eigenvalue weighted by Gasteiger charge is -2.48. The summed E-state index contributed by atoms with van der Waals surface area (Å²) in [4.78, 5) is 33.6. The molecule has 1 spiro atoms. The van der Waals surface area contributed by atoms with Crippen LogP contribution in [0.5, 0.6) is 0 Å². The van der Waals surface area contributed by atoms with Crippen molar-refractivity contribution in [1.82, 2.24) is 19.9 Å². The Balaban J connectivity index is 1.38. The third kappa shape index (κ3) is 4.66. The van der Waals surface area contributed by atoms with Gasteiger partial charge in [0.15, 0.2) is 0 Å². The van der Waals surface area contributed by atoms with Gasteiger partial charge in [0.2, 0.25) is 11.8 Å². The van der Waals surface area contributed by atoms with Crippen LogP contribution in [0.3, 0.4) is 0 Å². The molecule has 0 N–H and O–H groups in total. The highest BCUT2D eigenvalue weighted by molar-refractivity contribution is 5.79. The van der Waals surface area contributed by atoms with Gasteiger partial charge in [0.25, 0.3) is 0 Å². The van der Waals surface area contributed by atoms with Crippen LogP contribution in [0.25, 0.3) is 0 Å². The molecule has 4 rings (SSSR count). The number of nitrogens with zero attached hydrogens (tertiary/aromatic N) is 4. The summed E-state index contributed by atoms with van der Waals surface area (Å²) in [6.45, 7) is 4.75. The molecule has 154 valence electrons. The number of amides is 2. The maximum Gasteiger partial charge on any atom is 0.230 e. The van der Waals surface area contributed by atoms with Crippen LogP contribution in [0.1, 0.15) is 42.8 Å². The highest BCUT2D eigenvalue weighted by Crippen LogP contribution is 2.39. The molecule has 2 saturated heterocycles. The Bertz CT molecular complexity index is 866. The molecular formula is C22H28N4O3. The van der Waals surface area contributed by atoms with Crippen LogP contribution in [0, 0.1) is 12.3 Å². The number of carbonyl (C=O) groups excluding carboxylic acids is 2. The number of pyridine rings is 1. The highest BCUT2D eigenvalue weighted by atomic mass is 16.5. The Morgan fingerprint density at radius 2 is 2.17 bits per heavy atom. The fourth-order valence-electron chi connectivity index (χ4n) is 4.62. The maximum atomic E-state index is 12.8. The molecular weight excluding hydrogens is 368 g/mol. The zero-order chi connectivity index (χ0) is 20.3. The van der Waals surface area contributed by atoms with Crippen molar-refractivity contribution in [1.29, 1.82) is 0 Å². The van der Waals surface area contributed by atoms with Gasteiger partial charge in [-0.25, -0.2) is 0 Å². The molecule has 1 unspecified atom stereocenters. The van der Waals surface area contributed by atoms with E-state index in [1.165, 1.54) is 0 Å². The summed E-state index contributed by atoms with van der Waals surface area (Å²) in [6, 6.07) is 7.69. The summed E-state index contributed by atoms with van der Waals surface area (Å²) in [5, 5.41) is 3.87. The van der Waals surface area contributed by atoms with Crippen LogP contribution in [0.4, 0.5) is 0 Å². The third-order valence-corrected chi connectivity index (χ3v) is 6.13. The van der Waals surface area contributed by atoms with Crippen molar-refractivity contribution in [2.24, 2.45) is 5.41 Å². The van der Waals surface area contributed by atoms with Crippen LogP contribution >= 0.6 is 0 Å². The molecule has 2 aliphatic heterocycles. The summed E-state index contributed by atoms with van der Waals surface area (Å²) in [6.07, 6.45) is 6.25. The standard InChI is InChI=1S/C22H28N4O3/c1-17-13-19(29-24-17)14-21(28)25-11-4-8-22(15-25)9-6-20(27)26(16-22)12-7-18-5-2-3-10-23-18/h2-3,5,10,13H,4,6-9,11-12,14-16H2,1H3. The Morgan fingerprint density at radius 3 is 2.93 bits per heavy atom. The molecule has 0 saturated carbocycles. The topological polar surface area (TPSA) is 79.5 Å². The van der Waals surface area contributed by atoms with Crippen molar-refractivity contribution in [2.45, 2.75) is 45.4 Å². The predicted molar refractivity (Wildman–Crippen MR) is 107 cm³/mol. The molecule has 7 heteroatoms. The van der Waals surface area contributed by atoms with Crippen molar-refractivity contribution >= 4 is 11.8 Å². The van der Waals surface area contributed by atoms with Gasteiger partial charge in [-0.3, -0.25) is 14.6 Å². The number of aromatic nitrogens is 2. The van der Waals surface area contributed by atoms with E-state index in [9.17, 15) is 9.59 Å². The first-order chi connectivity index (χ1) is 14.0. The van der Waals surface area contributed by atoms with E-state index in [0.29, 0.717) is 25.3 Å². The lowest BCUT2D eigenvalue weighted by molar-refractivity contribution is -0.142. The molecule has 0 aromatic carbocycles. The average Bonchev–Trinajstić information content (AvgIpc) is 3.14. The SMILES string of the molecule is Cc1cc(CC(=O)N2CCCC3(CCC(=O)N(CCc4ccccn4)C3)C2)on1. The monoisotopic (exact) mass is 396 g/mol. The minimum absolute atomic E-state index is 0.00324. The van der Waals surface area contributed by atoms with Crippen LogP contribution in [-0.4, -0.2) is 57.9 Å². The predicted octanol–water partition coefficient (Wildman–Crippen LogP) is 2.39. The van der Waals surface area contributed by atoms with Crippen molar-refractivity contribution in [3.63, 3.8) is 0 Å². The van der Waals surface area contributed by atoms with Crippen molar-refractivity contribution < 1.29 is 14.1 Å². The van der Waals surface area contributed by atoms with E-state index < -0.39 is 0 Å². The quantitative estimate of drug-likeness (QED) is 0.775. The second-order valence-corrected chi connectivity index (χ2v) is 8.42. The Hall–Kier alpha value is -2.70. The summed E-state index contributed by atoms with van der Waals surface area (Å²) in [5.74, 6) is 0.909.